The van der Waals surface area contributed by atoms with Gasteiger partial charge in [0.25, 0.3) is 0 Å². The maximum atomic E-state index is 5.71. The molecule has 1 atom stereocenters. The summed E-state index contributed by atoms with van der Waals surface area (Å²) < 4.78 is 11.3. The second kappa shape index (κ2) is 7.34. The SMILES string of the molecule is CNC(COCCOC(C)(C)C)C1CCCC1. The van der Waals surface area contributed by atoms with E-state index in [0.717, 1.165) is 12.5 Å². The van der Waals surface area contributed by atoms with Crippen LogP contribution in [-0.2, 0) is 9.47 Å². The van der Waals surface area contributed by atoms with Crippen molar-refractivity contribution in [2.24, 2.45) is 5.92 Å². The van der Waals surface area contributed by atoms with E-state index in [-0.39, 0.29) is 5.60 Å². The Balaban J connectivity index is 2.07. The van der Waals surface area contributed by atoms with Crippen LogP contribution in [0, 0.1) is 5.92 Å². The Labute approximate surface area is 106 Å². The van der Waals surface area contributed by atoms with Crippen molar-refractivity contribution in [1.82, 2.24) is 5.32 Å². The molecule has 0 radical (unpaired) electrons. The highest BCUT2D eigenvalue weighted by atomic mass is 16.5. The Morgan fingerprint density at radius 3 is 2.35 bits per heavy atom. The van der Waals surface area contributed by atoms with Crippen LogP contribution in [-0.4, -0.2) is 38.5 Å². The molecule has 1 aliphatic rings. The standard InChI is InChI=1S/C14H29NO2/c1-14(2,3)17-10-9-16-11-13(15-4)12-7-5-6-8-12/h12-13,15H,5-11H2,1-4H3. The summed E-state index contributed by atoms with van der Waals surface area (Å²) in [6.07, 6.45) is 5.48. The molecular weight excluding hydrogens is 214 g/mol. The third-order valence-electron chi connectivity index (χ3n) is 3.40. The fourth-order valence-electron chi connectivity index (χ4n) is 2.43. The Morgan fingerprint density at radius 1 is 1.18 bits per heavy atom. The van der Waals surface area contributed by atoms with Gasteiger partial charge in [-0.05, 0) is 46.6 Å². The molecular formula is C14H29NO2. The van der Waals surface area contributed by atoms with Crippen molar-refractivity contribution in [3.05, 3.63) is 0 Å². The Kier molecular flexibility index (Phi) is 6.45. The lowest BCUT2D eigenvalue weighted by atomic mass is 9.99. The molecule has 3 heteroatoms. The summed E-state index contributed by atoms with van der Waals surface area (Å²) in [5.74, 6) is 0.809. The number of ether oxygens (including phenoxy) is 2. The molecule has 1 saturated carbocycles. The van der Waals surface area contributed by atoms with E-state index in [9.17, 15) is 0 Å². The number of nitrogens with one attached hydrogen (secondary N) is 1. The molecule has 17 heavy (non-hydrogen) atoms. The van der Waals surface area contributed by atoms with Crippen LogP contribution < -0.4 is 5.32 Å². The van der Waals surface area contributed by atoms with Gasteiger partial charge in [0.1, 0.15) is 0 Å². The van der Waals surface area contributed by atoms with Gasteiger partial charge >= 0.3 is 0 Å². The fraction of sp³-hybridized carbons (Fsp3) is 1.00. The molecule has 1 aliphatic carbocycles. The first-order valence-corrected chi connectivity index (χ1v) is 6.92. The van der Waals surface area contributed by atoms with Crippen molar-refractivity contribution in [1.29, 1.82) is 0 Å². The Morgan fingerprint density at radius 2 is 1.82 bits per heavy atom. The molecule has 0 aliphatic heterocycles. The lowest BCUT2D eigenvalue weighted by molar-refractivity contribution is -0.0388. The smallest absolute Gasteiger partial charge is 0.0707 e. The highest BCUT2D eigenvalue weighted by molar-refractivity contribution is 4.79. The van der Waals surface area contributed by atoms with E-state index in [1.165, 1.54) is 25.7 Å². The number of likely N-dealkylation sites (N-methyl/N-ethyl adjacent to an activating group) is 1. The van der Waals surface area contributed by atoms with Gasteiger partial charge in [-0.15, -0.1) is 0 Å². The van der Waals surface area contributed by atoms with Gasteiger partial charge in [-0.2, -0.15) is 0 Å². The lowest BCUT2D eigenvalue weighted by Crippen LogP contribution is -2.37. The van der Waals surface area contributed by atoms with Crippen molar-refractivity contribution in [2.75, 3.05) is 26.9 Å². The molecule has 0 aromatic carbocycles. The summed E-state index contributed by atoms with van der Waals surface area (Å²) in [5.41, 5.74) is -0.0583. The van der Waals surface area contributed by atoms with Crippen LogP contribution in [0.1, 0.15) is 46.5 Å². The number of hydrogen-bond acceptors (Lipinski definition) is 3. The van der Waals surface area contributed by atoms with Gasteiger partial charge in [-0.25, -0.2) is 0 Å². The average Bonchev–Trinajstić information content (AvgIpc) is 2.75. The van der Waals surface area contributed by atoms with Gasteiger partial charge in [0.15, 0.2) is 0 Å². The van der Waals surface area contributed by atoms with Crippen molar-refractivity contribution < 1.29 is 9.47 Å². The van der Waals surface area contributed by atoms with E-state index in [2.05, 4.69) is 26.1 Å². The Hall–Kier alpha value is -0.120. The van der Waals surface area contributed by atoms with E-state index in [1.54, 1.807) is 0 Å². The maximum Gasteiger partial charge on any atom is 0.0707 e. The monoisotopic (exact) mass is 243 g/mol. The van der Waals surface area contributed by atoms with Crippen molar-refractivity contribution in [3.8, 4) is 0 Å². The average molecular weight is 243 g/mol. The molecule has 1 unspecified atom stereocenters. The molecule has 1 fully saturated rings. The zero-order valence-electron chi connectivity index (χ0n) is 11.9. The van der Waals surface area contributed by atoms with Crippen LogP contribution in [0.4, 0.5) is 0 Å². The third kappa shape index (κ3) is 6.39. The van der Waals surface area contributed by atoms with Crippen molar-refractivity contribution in [2.45, 2.75) is 58.1 Å². The van der Waals surface area contributed by atoms with Gasteiger partial charge < -0.3 is 14.8 Å². The molecule has 1 rings (SSSR count). The molecule has 0 aromatic rings. The van der Waals surface area contributed by atoms with Crippen LogP contribution >= 0.6 is 0 Å². The second-order valence-corrected chi connectivity index (χ2v) is 5.98. The first-order valence-electron chi connectivity index (χ1n) is 6.92. The van der Waals surface area contributed by atoms with Crippen LogP contribution in [0.5, 0.6) is 0 Å². The van der Waals surface area contributed by atoms with Crippen LogP contribution in [0.25, 0.3) is 0 Å². The molecule has 0 saturated heterocycles. The van der Waals surface area contributed by atoms with E-state index in [1.807, 2.05) is 7.05 Å². The summed E-state index contributed by atoms with van der Waals surface area (Å²) >= 11 is 0. The molecule has 0 heterocycles. The minimum absolute atomic E-state index is 0.0583. The highest BCUT2D eigenvalue weighted by Crippen LogP contribution is 2.27. The zero-order valence-corrected chi connectivity index (χ0v) is 11.9. The molecule has 102 valence electrons. The lowest BCUT2D eigenvalue weighted by Gasteiger charge is -2.23. The van der Waals surface area contributed by atoms with E-state index in [0.29, 0.717) is 19.3 Å². The van der Waals surface area contributed by atoms with Crippen LogP contribution in [0.15, 0.2) is 0 Å². The number of rotatable bonds is 7. The predicted molar refractivity (Wildman–Crippen MR) is 71.3 cm³/mol. The quantitative estimate of drug-likeness (QED) is 0.697. The van der Waals surface area contributed by atoms with Crippen LogP contribution in [0.2, 0.25) is 0 Å². The minimum Gasteiger partial charge on any atom is -0.377 e. The predicted octanol–water partition coefficient (Wildman–Crippen LogP) is 2.60. The summed E-state index contributed by atoms with van der Waals surface area (Å²) in [4.78, 5) is 0. The summed E-state index contributed by atoms with van der Waals surface area (Å²) in [6.45, 7) is 8.41. The highest BCUT2D eigenvalue weighted by Gasteiger charge is 2.23. The summed E-state index contributed by atoms with van der Waals surface area (Å²) in [5, 5.41) is 3.39. The largest absolute Gasteiger partial charge is 0.377 e. The topological polar surface area (TPSA) is 30.5 Å². The second-order valence-electron chi connectivity index (χ2n) is 5.98. The minimum atomic E-state index is -0.0583. The van der Waals surface area contributed by atoms with E-state index < -0.39 is 0 Å². The van der Waals surface area contributed by atoms with E-state index >= 15 is 0 Å². The molecule has 0 amide bonds. The molecule has 0 aromatic heterocycles. The van der Waals surface area contributed by atoms with E-state index in [4.69, 9.17) is 9.47 Å². The maximum absolute atomic E-state index is 5.71. The first-order chi connectivity index (χ1) is 8.03. The molecule has 0 bridgehead atoms. The van der Waals surface area contributed by atoms with Crippen molar-refractivity contribution >= 4 is 0 Å². The summed E-state index contributed by atoms with van der Waals surface area (Å²) in [6, 6.07) is 0.520. The number of hydrogen-bond donors (Lipinski definition) is 1. The fourth-order valence-corrected chi connectivity index (χ4v) is 2.43. The molecule has 0 spiro atoms. The first kappa shape index (κ1) is 14.9. The van der Waals surface area contributed by atoms with Gasteiger partial charge in [0.2, 0.25) is 0 Å². The van der Waals surface area contributed by atoms with Gasteiger partial charge in [0, 0.05) is 6.04 Å². The summed E-state index contributed by atoms with van der Waals surface area (Å²) in [7, 11) is 2.04. The molecule has 1 N–H and O–H groups in total. The van der Waals surface area contributed by atoms with Gasteiger partial charge in [-0.3, -0.25) is 0 Å². The normalized spacial score (nSPS) is 19.8. The van der Waals surface area contributed by atoms with Crippen LogP contribution in [0.3, 0.4) is 0 Å². The Bertz CT molecular complexity index is 195. The zero-order chi connectivity index (χ0) is 12.7. The van der Waals surface area contributed by atoms with Gasteiger partial charge in [0.05, 0.1) is 25.4 Å². The van der Waals surface area contributed by atoms with Crippen molar-refractivity contribution in [3.63, 3.8) is 0 Å². The van der Waals surface area contributed by atoms with Gasteiger partial charge in [-0.1, -0.05) is 12.8 Å². The third-order valence-corrected chi connectivity index (χ3v) is 3.40. The molecule has 3 nitrogen and oxygen atoms in total.